The number of carbonyl (C=O) groups is 2. The summed E-state index contributed by atoms with van der Waals surface area (Å²) in [5, 5.41) is 9.72. The van der Waals surface area contributed by atoms with Gasteiger partial charge < -0.3 is 14.7 Å². The number of hydrogen-bond donors (Lipinski definition) is 1. The van der Waals surface area contributed by atoms with Crippen molar-refractivity contribution in [3.05, 3.63) is 33.8 Å². The van der Waals surface area contributed by atoms with Crippen LogP contribution in [0, 0.1) is 0 Å². The number of ether oxygens (including phenoxy) is 1. The van der Waals surface area contributed by atoms with Gasteiger partial charge in [0.15, 0.2) is 6.10 Å². The lowest BCUT2D eigenvalue weighted by Gasteiger charge is -2.31. The molecule has 1 saturated heterocycles. The number of carboxylic acid groups (broad SMARTS) is 1. The number of carbonyl (C=O) groups excluding carboxylic acids is 1. The summed E-state index contributed by atoms with van der Waals surface area (Å²) < 4.78 is 5.07. The fourth-order valence-electron chi connectivity index (χ4n) is 1.96. The summed E-state index contributed by atoms with van der Waals surface area (Å²) in [6.07, 6.45) is -0.801. The molecule has 0 bridgehead atoms. The Morgan fingerprint density at radius 3 is 2.75 bits per heavy atom. The van der Waals surface area contributed by atoms with E-state index in [2.05, 4.69) is 0 Å². The minimum absolute atomic E-state index is 0.0650. The molecule has 108 valence electrons. The van der Waals surface area contributed by atoms with Crippen molar-refractivity contribution in [2.45, 2.75) is 12.5 Å². The van der Waals surface area contributed by atoms with Crippen molar-refractivity contribution in [1.82, 2.24) is 4.90 Å². The highest BCUT2D eigenvalue weighted by Crippen LogP contribution is 2.23. The fraction of sp³-hybridized carbons (Fsp3) is 0.385. The predicted molar refractivity (Wildman–Crippen MR) is 74.1 cm³/mol. The number of benzene rings is 1. The van der Waals surface area contributed by atoms with Gasteiger partial charge in [-0.05, 0) is 17.7 Å². The second-order valence-electron chi connectivity index (χ2n) is 4.46. The number of nitrogens with zero attached hydrogens (tertiary/aromatic N) is 1. The minimum atomic E-state index is -1.06. The quantitative estimate of drug-likeness (QED) is 0.923. The van der Waals surface area contributed by atoms with Gasteiger partial charge in [-0.15, -0.1) is 0 Å². The van der Waals surface area contributed by atoms with Crippen LogP contribution in [0.5, 0.6) is 0 Å². The van der Waals surface area contributed by atoms with E-state index < -0.39 is 12.1 Å². The summed E-state index contributed by atoms with van der Waals surface area (Å²) in [5.74, 6) is -1.21. The van der Waals surface area contributed by atoms with Gasteiger partial charge in [0.25, 0.3) is 0 Å². The largest absolute Gasteiger partial charge is 0.479 e. The average Bonchev–Trinajstić information content (AvgIpc) is 2.43. The lowest BCUT2D eigenvalue weighted by molar-refractivity contribution is -0.159. The Kier molecular flexibility index (Phi) is 4.86. The van der Waals surface area contributed by atoms with Crippen LogP contribution >= 0.6 is 23.2 Å². The van der Waals surface area contributed by atoms with Gasteiger partial charge in [0, 0.05) is 6.54 Å². The monoisotopic (exact) mass is 317 g/mol. The van der Waals surface area contributed by atoms with Crippen molar-refractivity contribution in [2.24, 2.45) is 0 Å². The summed E-state index contributed by atoms with van der Waals surface area (Å²) in [7, 11) is 0. The molecule has 1 heterocycles. The predicted octanol–water partition coefficient (Wildman–Crippen LogP) is 1.85. The van der Waals surface area contributed by atoms with Crippen LogP contribution in [0.15, 0.2) is 18.2 Å². The zero-order valence-corrected chi connectivity index (χ0v) is 12.0. The van der Waals surface area contributed by atoms with Crippen LogP contribution in [-0.4, -0.2) is 47.7 Å². The van der Waals surface area contributed by atoms with E-state index >= 15 is 0 Å². The molecule has 2 rings (SSSR count). The van der Waals surface area contributed by atoms with Crippen molar-refractivity contribution in [3.63, 3.8) is 0 Å². The van der Waals surface area contributed by atoms with E-state index in [0.717, 1.165) is 5.56 Å². The Morgan fingerprint density at radius 2 is 2.10 bits per heavy atom. The first-order chi connectivity index (χ1) is 9.47. The summed E-state index contributed by atoms with van der Waals surface area (Å²) in [6.45, 7) is 0.684. The summed E-state index contributed by atoms with van der Waals surface area (Å²) in [5.41, 5.74) is 0.739. The van der Waals surface area contributed by atoms with Gasteiger partial charge >= 0.3 is 5.97 Å². The Morgan fingerprint density at radius 1 is 1.35 bits per heavy atom. The number of rotatable bonds is 3. The highest BCUT2D eigenvalue weighted by Gasteiger charge is 2.28. The highest BCUT2D eigenvalue weighted by atomic mass is 35.5. The normalized spacial score (nSPS) is 18.9. The zero-order valence-electron chi connectivity index (χ0n) is 10.5. The topological polar surface area (TPSA) is 66.8 Å². The van der Waals surface area contributed by atoms with Gasteiger partial charge in [0.2, 0.25) is 5.91 Å². The van der Waals surface area contributed by atoms with E-state index in [0.29, 0.717) is 16.6 Å². The van der Waals surface area contributed by atoms with E-state index in [1.165, 1.54) is 4.90 Å². The molecule has 1 aromatic carbocycles. The third-order valence-electron chi connectivity index (χ3n) is 3.03. The molecule has 1 aliphatic rings. The zero-order chi connectivity index (χ0) is 14.7. The van der Waals surface area contributed by atoms with Gasteiger partial charge in [-0.1, -0.05) is 29.3 Å². The van der Waals surface area contributed by atoms with Gasteiger partial charge in [0.1, 0.15) is 0 Å². The van der Waals surface area contributed by atoms with E-state index in [1.807, 2.05) is 0 Å². The van der Waals surface area contributed by atoms with Crippen LogP contribution in [0.25, 0.3) is 0 Å². The van der Waals surface area contributed by atoms with Crippen LogP contribution in [-0.2, 0) is 20.7 Å². The number of hydrogen-bond acceptors (Lipinski definition) is 3. The molecule has 1 N–H and O–H groups in total. The molecule has 0 saturated carbocycles. The molecule has 1 atom stereocenters. The molecule has 1 aliphatic heterocycles. The standard InChI is InChI=1S/C13H13Cl2NO4/c14-9-2-1-8(5-10(9)15)6-12(17)16-3-4-20-11(7-16)13(18)19/h1-2,5,11H,3-4,6-7H2,(H,18,19)/t11-/m1/s1. The van der Waals surface area contributed by atoms with E-state index in [-0.39, 0.29) is 25.5 Å². The summed E-state index contributed by atoms with van der Waals surface area (Å²) >= 11 is 11.7. The van der Waals surface area contributed by atoms with Crippen LogP contribution in [0.4, 0.5) is 0 Å². The molecular formula is C13H13Cl2NO4. The third-order valence-corrected chi connectivity index (χ3v) is 3.77. The molecule has 0 spiro atoms. The maximum absolute atomic E-state index is 12.1. The first kappa shape index (κ1) is 15.1. The van der Waals surface area contributed by atoms with Crippen molar-refractivity contribution in [2.75, 3.05) is 19.7 Å². The third kappa shape index (κ3) is 3.62. The molecule has 0 radical (unpaired) electrons. The summed E-state index contributed by atoms with van der Waals surface area (Å²) in [4.78, 5) is 24.5. The molecule has 20 heavy (non-hydrogen) atoms. The molecule has 0 unspecified atom stereocenters. The molecule has 1 amide bonds. The van der Waals surface area contributed by atoms with Gasteiger partial charge in [0.05, 0.1) is 29.6 Å². The Hall–Kier alpha value is -1.30. The van der Waals surface area contributed by atoms with Crippen LogP contribution in [0.3, 0.4) is 0 Å². The van der Waals surface area contributed by atoms with Crippen LogP contribution in [0.1, 0.15) is 5.56 Å². The van der Waals surface area contributed by atoms with Gasteiger partial charge in [-0.3, -0.25) is 4.79 Å². The van der Waals surface area contributed by atoms with Crippen molar-refractivity contribution < 1.29 is 19.4 Å². The first-order valence-electron chi connectivity index (χ1n) is 6.03. The van der Waals surface area contributed by atoms with Gasteiger partial charge in [-0.25, -0.2) is 4.79 Å². The van der Waals surface area contributed by atoms with Crippen molar-refractivity contribution in [1.29, 1.82) is 0 Å². The second kappa shape index (κ2) is 6.43. The second-order valence-corrected chi connectivity index (χ2v) is 5.28. The molecule has 0 aliphatic carbocycles. The maximum Gasteiger partial charge on any atom is 0.334 e. The number of morpholine rings is 1. The minimum Gasteiger partial charge on any atom is -0.479 e. The SMILES string of the molecule is O=C(O)[C@H]1CN(C(=O)Cc2ccc(Cl)c(Cl)c2)CCO1. The number of halogens is 2. The number of carboxylic acids is 1. The van der Waals surface area contributed by atoms with E-state index in [9.17, 15) is 9.59 Å². The highest BCUT2D eigenvalue weighted by molar-refractivity contribution is 6.42. The lowest BCUT2D eigenvalue weighted by Crippen LogP contribution is -2.49. The number of aliphatic carboxylic acids is 1. The fourth-order valence-corrected chi connectivity index (χ4v) is 2.28. The average molecular weight is 318 g/mol. The molecule has 1 fully saturated rings. The molecule has 5 nitrogen and oxygen atoms in total. The van der Waals surface area contributed by atoms with Crippen LogP contribution < -0.4 is 0 Å². The maximum atomic E-state index is 12.1. The van der Waals surface area contributed by atoms with Crippen LogP contribution in [0.2, 0.25) is 10.0 Å². The van der Waals surface area contributed by atoms with Crippen molar-refractivity contribution in [3.8, 4) is 0 Å². The molecular weight excluding hydrogens is 305 g/mol. The Labute approximate surface area is 126 Å². The van der Waals surface area contributed by atoms with E-state index in [4.69, 9.17) is 33.0 Å². The van der Waals surface area contributed by atoms with Crippen molar-refractivity contribution >= 4 is 35.1 Å². The smallest absolute Gasteiger partial charge is 0.334 e. The molecule has 0 aromatic heterocycles. The number of amides is 1. The Bertz CT molecular complexity index is 535. The first-order valence-corrected chi connectivity index (χ1v) is 6.79. The Balaban J connectivity index is 2.00. The lowest BCUT2D eigenvalue weighted by atomic mass is 10.1. The molecule has 1 aromatic rings. The molecule has 7 heteroatoms. The summed E-state index contributed by atoms with van der Waals surface area (Å²) in [6, 6.07) is 4.99. The van der Waals surface area contributed by atoms with Gasteiger partial charge in [-0.2, -0.15) is 0 Å². The van der Waals surface area contributed by atoms with E-state index in [1.54, 1.807) is 18.2 Å².